The van der Waals surface area contributed by atoms with E-state index in [0.29, 0.717) is 43.5 Å². The average molecular weight is 506 g/mol. The first-order chi connectivity index (χ1) is 16.7. The van der Waals surface area contributed by atoms with Crippen molar-refractivity contribution >= 4 is 16.1 Å². The number of fused-ring (bicyclic) bond motifs is 2. The number of aromatic nitrogens is 1. The van der Waals surface area contributed by atoms with Gasteiger partial charge in [0.05, 0.1) is 0 Å². The quantitative estimate of drug-likeness (QED) is 0.612. The van der Waals surface area contributed by atoms with E-state index >= 15 is 0 Å². The van der Waals surface area contributed by atoms with Gasteiger partial charge < -0.3 is 14.7 Å². The highest BCUT2D eigenvalue weighted by molar-refractivity contribution is 7.86. The molecule has 1 aromatic heterocycles. The zero-order valence-electron chi connectivity index (χ0n) is 21.0. The zero-order chi connectivity index (χ0) is 24.4. The highest BCUT2D eigenvalue weighted by atomic mass is 32.2. The summed E-state index contributed by atoms with van der Waals surface area (Å²) in [6.45, 7) is 9.12. The number of carbonyl (C=O) groups excluding carboxylic acids is 1. The number of hydrogen-bond acceptors (Lipinski definition) is 6. The third-order valence-corrected chi connectivity index (χ3v) is 10.9. The molecule has 6 rings (SSSR count). The number of likely N-dealkylation sites (tertiary alicyclic amines) is 1. The van der Waals surface area contributed by atoms with Crippen molar-refractivity contribution in [3.63, 3.8) is 0 Å². The molecule has 5 aliphatic rings. The van der Waals surface area contributed by atoms with Gasteiger partial charge in [0.25, 0.3) is 16.1 Å². The van der Waals surface area contributed by atoms with Crippen LogP contribution in [0.3, 0.4) is 0 Å². The van der Waals surface area contributed by atoms with Gasteiger partial charge in [0.1, 0.15) is 5.76 Å². The summed E-state index contributed by atoms with van der Waals surface area (Å²) in [5.41, 5.74) is 0.502. The van der Waals surface area contributed by atoms with Crippen molar-refractivity contribution in [3.05, 3.63) is 17.5 Å². The Hall–Kier alpha value is -1.49. The van der Waals surface area contributed by atoms with Crippen LogP contribution in [-0.2, 0) is 10.2 Å². The second-order valence-corrected chi connectivity index (χ2v) is 14.0. The predicted molar refractivity (Wildman–Crippen MR) is 131 cm³/mol. The van der Waals surface area contributed by atoms with Crippen molar-refractivity contribution in [2.45, 2.75) is 89.3 Å². The Kier molecular flexibility index (Phi) is 6.02. The van der Waals surface area contributed by atoms with Crippen molar-refractivity contribution in [3.8, 4) is 0 Å². The van der Waals surface area contributed by atoms with E-state index in [1.54, 1.807) is 14.7 Å². The van der Waals surface area contributed by atoms with Crippen molar-refractivity contribution in [2.24, 2.45) is 11.3 Å². The van der Waals surface area contributed by atoms with E-state index < -0.39 is 10.2 Å². The molecular weight excluding hydrogens is 466 g/mol. The summed E-state index contributed by atoms with van der Waals surface area (Å²) in [6.07, 6.45) is 7.46. The highest BCUT2D eigenvalue weighted by Gasteiger charge is 2.55. The highest BCUT2D eigenvalue weighted by Crippen LogP contribution is 2.46. The lowest BCUT2D eigenvalue weighted by Crippen LogP contribution is -2.66. The molecule has 1 amide bonds. The Morgan fingerprint density at radius 2 is 1.80 bits per heavy atom. The Labute approximate surface area is 208 Å². The fourth-order valence-corrected chi connectivity index (χ4v) is 9.16. The Bertz CT molecular complexity index is 1040. The number of nitrogens with one attached hydrogen (secondary N) is 1. The Morgan fingerprint density at radius 1 is 1.14 bits per heavy atom. The lowest BCUT2D eigenvalue weighted by Gasteiger charge is -2.55. The third kappa shape index (κ3) is 4.55. The SMILES string of the molecule is CC(C)CN1CCC2(CC1)CN(S(=O)(=O)N1[C@@H]3CC[C@H]1C[C@@H](NC(=O)c1cc(C4CC4)on1)C3)C2. The van der Waals surface area contributed by atoms with Gasteiger partial charge in [0.2, 0.25) is 0 Å². The summed E-state index contributed by atoms with van der Waals surface area (Å²) < 4.78 is 36.1. The standard InChI is InChI=1S/C25H39N5O4S/c1-17(2)14-28-9-7-25(8-10-28)15-29(16-25)35(32,33)30-20-5-6-21(30)12-19(11-20)26-24(31)22-13-23(34-27-22)18-3-4-18/h13,17-21H,3-12,14-16H2,1-2H3,(H,26,31)/t19-,20+,21-. The summed E-state index contributed by atoms with van der Waals surface area (Å²) >= 11 is 0. The summed E-state index contributed by atoms with van der Waals surface area (Å²) in [7, 11) is -3.46. The van der Waals surface area contributed by atoms with Gasteiger partial charge in [0.15, 0.2) is 5.69 Å². The molecule has 10 heteroatoms. The van der Waals surface area contributed by atoms with E-state index in [9.17, 15) is 13.2 Å². The molecule has 1 aromatic rings. The second kappa shape index (κ2) is 8.82. The van der Waals surface area contributed by atoms with Gasteiger partial charge >= 0.3 is 0 Å². The van der Waals surface area contributed by atoms with Crippen LogP contribution in [0.15, 0.2) is 10.6 Å². The Balaban J connectivity index is 1.04. The van der Waals surface area contributed by atoms with Gasteiger partial charge in [-0.3, -0.25) is 4.79 Å². The minimum absolute atomic E-state index is 0.0273. The van der Waals surface area contributed by atoms with Crippen LogP contribution in [-0.4, -0.2) is 83.8 Å². The Morgan fingerprint density at radius 3 is 2.40 bits per heavy atom. The molecule has 1 N–H and O–H groups in total. The molecule has 1 spiro atoms. The van der Waals surface area contributed by atoms with Gasteiger partial charge in [-0.2, -0.15) is 17.0 Å². The number of piperidine rings is 2. The molecule has 0 unspecified atom stereocenters. The normalized spacial score (nSPS) is 31.7. The van der Waals surface area contributed by atoms with E-state index in [0.717, 1.165) is 63.9 Å². The largest absolute Gasteiger partial charge is 0.360 e. The molecule has 4 aliphatic heterocycles. The van der Waals surface area contributed by atoms with Crippen molar-refractivity contribution in [1.29, 1.82) is 0 Å². The summed E-state index contributed by atoms with van der Waals surface area (Å²) in [6, 6.07) is 1.66. The molecule has 2 bridgehead atoms. The topological polar surface area (TPSA) is 99.0 Å². The summed E-state index contributed by atoms with van der Waals surface area (Å²) in [4.78, 5) is 15.2. The lowest BCUT2D eigenvalue weighted by atomic mass is 9.73. The first-order valence-electron chi connectivity index (χ1n) is 13.5. The zero-order valence-corrected chi connectivity index (χ0v) is 21.8. The maximum atomic E-state index is 13.6. The molecule has 0 radical (unpaired) electrons. The van der Waals surface area contributed by atoms with Crippen LogP contribution < -0.4 is 5.32 Å². The number of nitrogens with zero attached hydrogens (tertiary/aromatic N) is 4. The molecule has 35 heavy (non-hydrogen) atoms. The van der Waals surface area contributed by atoms with Gasteiger partial charge in [-0.05, 0) is 70.4 Å². The van der Waals surface area contributed by atoms with Crippen LogP contribution >= 0.6 is 0 Å². The van der Waals surface area contributed by atoms with Crippen molar-refractivity contribution < 1.29 is 17.7 Å². The van der Waals surface area contributed by atoms with Crippen LogP contribution in [0.4, 0.5) is 0 Å². The van der Waals surface area contributed by atoms with Crippen molar-refractivity contribution in [2.75, 3.05) is 32.7 Å². The van der Waals surface area contributed by atoms with Crippen LogP contribution in [0.2, 0.25) is 0 Å². The molecule has 3 atom stereocenters. The monoisotopic (exact) mass is 505 g/mol. The second-order valence-electron chi connectivity index (χ2n) is 12.2. The molecule has 5 fully saturated rings. The molecule has 194 valence electrons. The van der Waals surface area contributed by atoms with Crippen molar-refractivity contribution in [1.82, 2.24) is 24.0 Å². The van der Waals surface area contributed by atoms with Crippen LogP contribution in [0.1, 0.15) is 87.4 Å². The first-order valence-corrected chi connectivity index (χ1v) is 14.9. The number of hydrogen-bond donors (Lipinski definition) is 1. The smallest absolute Gasteiger partial charge is 0.282 e. The molecule has 1 aliphatic carbocycles. The predicted octanol–water partition coefficient (Wildman–Crippen LogP) is 2.58. The number of rotatable bonds is 7. The number of carbonyl (C=O) groups is 1. The molecular formula is C25H39N5O4S. The van der Waals surface area contributed by atoms with Crippen LogP contribution in [0.5, 0.6) is 0 Å². The van der Waals surface area contributed by atoms with Crippen LogP contribution in [0, 0.1) is 11.3 Å². The fourth-order valence-electron chi connectivity index (χ4n) is 6.89. The van der Waals surface area contributed by atoms with E-state index in [2.05, 4.69) is 29.2 Å². The minimum atomic E-state index is -3.46. The van der Waals surface area contributed by atoms with E-state index in [-0.39, 0.29) is 29.4 Å². The fraction of sp³-hybridized carbons (Fsp3) is 0.840. The van der Waals surface area contributed by atoms with Gasteiger partial charge in [-0.15, -0.1) is 0 Å². The molecule has 9 nitrogen and oxygen atoms in total. The average Bonchev–Trinajstić information content (AvgIpc) is 3.44. The van der Waals surface area contributed by atoms with Gasteiger partial charge in [-0.25, -0.2) is 0 Å². The minimum Gasteiger partial charge on any atom is -0.360 e. The third-order valence-electron chi connectivity index (χ3n) is 8.90. The summed E-state index contributed by atoms with van der Waals surface area (Å²) in [5.74, 6) is 1.67. The van der Waals surface area contributed by atoms with E-state index in [1.165, 1.54) is 0 Å². The first kappa shape index (κ1) is 23.9. The van der Waals surface area contributed by atoms with Gasteiger partial charge in [0, 0.05) is 55.2 Å². The molecule has 0 aromatic carbocycles. The van der Waals surface area contributed by atoms with E-state index in [1.807, 2.05) is 0 Å². The lowest BCUT2D eigenvalue weighted by molar-refractivity contribution is -0.00677. The van der Waals surface area contributed by atoms with Crippen LogP contribution in [0.25, 0.3) is 0 Å². The van der Waals surface area contributed by atoms with E-state index in [4.69, 9.17) is 4.52 Å². The maximum absolute atomic E-state index is 13.6. The van der Waals surface area contributed by atoms with Gasteiger partial charge in [-0.1, -0.05) is 19.0 Å². The summed E-state index contributed by atoms with van der Waals surface area (Å²) in [5, 5.41) is 7.05. The molecule has 5 heterocycles. The maximum Gasteiger partial charge on any atom is 0.282 e. The number of amides is 1. The molecule has 4 saturated heterocycles. The molecule has 1 saturated carbocycles.